The summed E-state index contributed by atoms with van der Waals surface area (Å²) in [5, 5.41) is 61.6. The van der Waals surface area contributed by atoms with Gasteiger partial charge in [0.1, 0.15) is 48.7 Å². The van der Waals surface area contributed by atoms with Crippen molar-refractivity contribution in [3.05, 3.63) is 0 Å². The Morgan fingerprint density at radius 2 is 1.78 bits per heavy atom. The lowest BCUT2D eigenvalue weighted by Crippen LogP contribution is -2.64. The van der Waals surface area contributed by atoms with E-state index in [9.17, 15) is 25.5 Å². The Balaban J connectivity index is 2.67. The third-order valence-electron chi connectivity index (χ3n) is 3.10. The maximum absolute atomic E-state index is 10.3. The summed E-state index contributed by atoms with van der Waals surface area (Å²) in [6, 6.07) is 0. The first-order valence-electron chi connectivity index (χ1n) is 11.0. The average Bonchev–Trinajstić information content (AvgIpc) is 2.77. The summed E-state index contributed by atoms with van der Waals surface area (Å²) in [6.07, 6.45) is -31.2. The number of aliphatic hydroxyl groups excluding tert-OH is 5. The van der Waals surface area contributed by atoms with Crippen LogP contribution in [-0.2, 0) is 14.2 Å². The van der Waals surface area contributed by atoms with Crippen molar-refractivity contribution in [2.45, 2.75) is 61.3 Å². The molecule has 0 aromatic carbocycles. The summed E-state index contributed by atoms with van der Waals surface area (Å²) in [5.41, 5.74) is 0. The first kappa shape index (κ1) is 9.31. The van der Waals surface area contributed by atoms with Gasteiger partial charge in [0.15, 0.2) is 12.6 Å². The monoisotopic (exact) mass is 352 g/mol. The minimum absolute atomic E-state index is 1.35. The Morgan fingerprint density at radius 3 is 2.39 bits per heavy atom. The SMILES string of the molecule is [2H]OC([2H])([2H])[C@@]1([2H])O[C@@]([2H])(O[C@]2([2H])[C@@H](CO)O[C@H](O)[C@]([2H])(O[2H])[C@@]2([2H])O[2H])[C@H](O)[C@@H](O)[C@H]1O. The smallest absolute Gasteiger partial charge is 0.211 e. The summed E-state index contributed by atoms with van der Waals surface area (Å²) in [5.74, 6) is 0. The van der Waals surface area contributed by atoms with Crippen LogP contribution in [0.25, 0.3) is 0 Å². The van der Waals surface area contributed by atoms with Crippen LogP contribution in [0.3, 0.4) is 0 Å². The van der Waals surface area contributed by atoms with Crippen molar-refractivity contribution >= 4 is 0 Å². The molecule has 2 rings (SSSR count). The molecule has 0 bridgehead atoms. The zero-order valence-electron chi connectivity index (χ0n) is 21.3. The number of ether oxygens (including phenoxy) is 3. The van der Waals surface area contributed by atoms with Gasteiger partial charge in [-0.3, -0.25) is 0 Å². The van der Waals surface area contributed by atoms with E-state index in [1.807, 2.05) is 0 Å². The number of aliphatic hydroxyl groups is 8. The standard InChI is InChI=1S/C12H22O11/c13-1-3-5(15)6(16)9(19)12(22-3)23-10-4(2-14)21-11(20)8(18)7(10)17/h3-20H,1-2H2/t3-,4-,5+,6+,7-,8-,9-,10-,11+,12+/m1/s1/i1D2,3D,7D,8D,10D,12D,13D,17D,18D. The van der Waals surface area contributed by atoms with Gasteiger partial charge in [0.05, 0.1) is 22.8 Å². The second-order valence-electron chi connectivity index (χ2n) is 4.59. The van der Waals surface area contributed by atoms with Gasteiger partial charge in [0.25, 0.3) is 0 Å². The maximum Gasteiger partial charge on any atom is 0.211 e. The summed E-state index contributed by atoms with van der Waals surface area (Å²) in [6.45, 7) is -4.97. The van der Waals surface area contributed by atoms with E-state index in [1.54, 1.807) is 0 Å². The molecule has 11 heteroatoms. The Hall–Kier alpha value is -0.440. The molecule has 8 N–H and O–H groups in total. The molecule has 0 radical (unpaired) electrons. The molecular weight excluding hydrogens is 320 g/mol. The van der Waals surface area contributed by atoms with E-state index < -0.39 is 74.5 Å². The van der Waals surface area contributed by atoms with Crippen LogP contribution in [0, 0.1) is 0 Å². The molecule has 11 nitrogen and oxygen atoms in total. The minimum Gasteiger partial charge on any atom is -0.394 e. The molecule has 0 aromatic rings. The van der Waals surface area contributed by atoms with Crippen molar-refractivity contribution in [2.24, 2.45) is 0 Å². The highest BCUT2D eigenvalue weighted by Gasteiger charge is 2.50. The molecule has 2 aliphatic rings. The summed E-state index contributed by atoms with van der Waals surface area (Å²) in [7, 11) is 0. The predicted molar refractivity (Wildman–Crippen MR) is 68.6 cm³/mol. The lowest BCUT2D eigenvalue weighted by Gasteiger charge is -2.45. The third kappa shape index (κ3) is 3.65. The normalized spacial score (nSPS) is 74.4. The van der Waals surface area contributed by atoms with E-state index in [4.69, 9.17) is 28.1 Å². The van der Waals surface area contributed by atoms with E-state index in [1.165, 1.54) is 0 Å². The highest BCUT2D eigenvalue weighted by atomic mass is 16.7. The molecule has 0 aliphatic carbocycles. The molecule has 2 heterocycles. The van der Waals surface area contributed by atoms with Gasteiger partial charge < -0.3 is 55.1 Å². The highest BCUT2D eigenvalue weighted by Crippen LogP contribution is 2.28. The van der Waals surface area contributed by atoms with E-state index in [-0.39, 0.29) is 0 Å². The lowest BCUT2D eigenvalue weighted by molar-refractivity contribution is -0.355. The topological polar surface area (TPSA) is 190 Å². The largest absolute Gasteiger partial charge is 0.394 e. The fourth-order valence-corrected chi connectivity index (χ4v) is 1.86. The number of rotatable bonds is 7. The Morgan fingerprint density at radius 1 is 1.04 bits per heavy atom. The van der Waals surface area contributed by atoms with Gasteiger partial charge in [-0.1, -0.05) is 0 Å². The van der Waals surface area contributed by atoms with Crippen LogP contribution in [0.5, 0.6) is 0 Å². The van der Waals surface area contributed by atoms with Gasteiger partial charge in [-0.15, -0.1) is 0 Å². The van der Waals surface area contributed by atoms with Gasteiger partial charge in [0.2, 0.25) is 4.29 Å². The quantitative estimate of drug-likeness (QED) is 0.218. The average molecular weight is 352 g/mol. The molecule has 23 heavy (non-hydrogen) atoms. The molecule has 0 spiro atoms. The minimum atomic E-state index is -3.75. The van der Waals surface area contributed by atoms with Crippen molar-refractivity contribution in [1.29, 1.82) is 4.29 Å². The molecule has 2 saturated heterocycles. The Bertz CT molecular complexity index is 728. The first-order chi connectivity index (χ1) is 14.9. The molecule has 0 aromatic heterocycles. The molecule has 0 saturated carbocycles. The molecular formula is C12H22O11. The van der Waals surface area contributed by atoms with Crippen molar-refractivity contribution in [1.82, 2.24) is 0 Å². The van der Waals surface area contributed by atoms with Crippen molar-refractivity contribution in [3.63, 3.8) is 0 Å². The molecule has 0 amide bonds. The second-order valence-corrected chi connectivity index (χ2v) is 4.59. The molecule has 0 unspecified atom stereocenters. The highest BCUT2D eigenvalue weighted by molar-refractivity contribution is 4.93. The second kappa shape index (κ2) is 7.63. The predicted octanol–water partition coefficient (Wildman–Crippen LogP) is -5.40. The molecule has 2 aliphatic heterocycles. The first-order valence-corrected chi connectivity index (χ1v) is 6.23. The van der Waals surface area contributed by atoms with E-state index in [0.29, 0.717) is 0 Å². The van der Waals surface area contributed by atoms with Crippen LogP contribution in [0.4, 0.5) is 0 Å². The Labute approximate surface area is 145 Å². The zero-order chi connectivity index (χ0) is 25.8. The van der Waals surface area contributed by atoms with Crippen LogP contribution in [-0.4, -0.2) is 120 Å². The van der Waals surface area contributed by atoms with Crippen LogP contribution < -0.4 is 0 Å². The molecule has 10 atom stereocenters. The van der Waals surface area contributed by atoms with E-state index in [0.717, 1.165) is 0 Å². The zero-order valence-corrected chi connectivity index (χ0v) is 11.3. The van der Waals surface area contributed by atoms with E-state index in [2.05, 4.69) is 15.3 Å². The third-order valence-corrected chi connectivity index (χ3v) is 3.10. The molecule has 2 fully saturated rings. The van der Waals surface area contributed by atoms with Gasteiger partial charge in [-0.25, -0.2) is 0 Å². The fraction of sp³-hybridized carbons (Fsp3) is 1.00. The van der Waals surface area contributed by atoms with Gasteiger partial charge in [0, 0.05) is 0 Å². The van der Waals surface area contributed by atoms with Gasteiger partial charge in [-0.05, 0) is 0 Å². The van der Waals surface area contributed by atoms with Crippen molar-refractivity contribution < 1.29 is 64.7 Å². The van der Waals surface area contributed by atoms with E-state index >= 15 is 0 Å². The van der Waals surface area contributed by atoms with Crippen LogP contribution in [0.1, 0.15) is 9.60 Å². The fourth-order valence-electron chi connectivity index (χ4n) is 1.86. The van der Waals surface area contributed by atoms with Gasteiger partial charge in [-0.2, -0.15) is 0 Å². The van der Waals surface area contributed by atoms with Gasteiger partial charge >= 0.3 is 0 Å². The molecule has 136 valence electrons. The summed E-state index contributed by atoms with van der Waals surface area (Å²) >= 11 is 0. The Kier molecular flexibility index (Phi) is 3.09. The summed E-state index contributed by atoms with van der Waals surface area (Å²) < 4.78 is 91.3. The van der Waals surface area contributed by atoms with Crippen LogP contribution in [0.2, 0.25) is 0 Å². The van der Waals surface area contributed by atoms with Crippen molar-refractivity contribution in [3.8, 4) is 0 Å². The van der Waals surface area contributed by atoms with Crippen molar-refractivity contribution in [2.75, 3.05) is 13.2 Å². The van der Waals surface area contributed by atoms with Crippen LogP contribution in [0.15, 0.2) is 0 Å². The lowest BCUT2D eigenvalue weighted by atomic mass is 9.97. The summed E-state index contributed by atoms with van der Waals surface area (Å²) in [4.78, 5) is 0. The van der Waals surface area contributed by atoms with Crippen LogP contribution >= 0.6 is 0 Å². The number of hydrogen-bond donors (Lipinski definition) is 8. The number of hydrogen-bond acceptors (Lipinski definition) is 11. The maximum atomic E-state index is 10.3.